The SMILES string of the molecule is CCC1(C)CN(c2cc(Cl)nc(C)n2)CCO1. The van der Waals surface area contributed by atoms with Crippen LogP contribution in [-0.4, -0.2) is 35.3 Å². The molecule has 94 valence electrons. The van der Waals surface area contributed by atoms with Crippen molar-refractivity contribution in [3.8, 4) is 0 Å². The molecule has 0 N–H and O–H groups in total. The van der Waals surface area contributed by atoms with Crippen LogP contribution in [0.1, 0.15) is 26.1 Å². The first-order chi connectivity index (χ1) is 8.02. The van der Waals surface area contributed by atoms with Gasteiger partial charge < -0.3 is 9.64 Å². The van der Waals surface area contributed by atoms with Crippen molar-refractivity contribution in [2.24, 2.45) is 0 Å². The Hall–Kier alpha value is -0.870. The number of anilines is 1. The Morgan fingerprint density at radius 1 is 1.53 bits per heavy atom. The van der Waals surface area contributed by atoms with Crippen LogP contribution in [0.5, 0.6) is 0 Å². The number of hydrogen-bond acceptors (Lipinski definition) is 4. The van der Waals surface area contributed by atoms with Crippen LogP contribution in [0.3, 0.4) is 0 Å². The molecule has 1 aliphatic heterocycles. The summed E-state index contributed by atoms with van der Waals surface area (Å²) in [6.07, 6.45) is 0.987. The largest absolute Gasteiger partial charge is 0.372 e. The molecule has 0 bridgehead atoms. The van der Waals surface area contributed by atoms with Crippen molar-refractivity contribution in [3.63, 3.8) is 0 Å². The molecule has 1 aromatic rings. The molecule has 0 aliphatic carbocycles. The quantitative estimate of drug-likeness (QED) is 0.761. The molecule has 0 amide bonds. The summed E-state index contributed by atoms with van der Waals surface area (Å²) in [5, 5.41) is 0.497. The van der Waals surface area contributed by atoms with E-state index in [1.54, 1.807) is 0 Å². The maximum absolute atomic E-state index is 5.97. The Kier molecular flexibility index (Phi) is 3.54. The van der Waals surface area contributed by atoms with E-state index in [-0.39, 0.29) is 5.60 Å². The fourth-order valence-corrected chi connectivity index (χ4v) is 2.24. The number of ether oxygens (including phenoxy) is 1. The molecule has 2 rings (SSSR count). The third kappa shape index (κ3) is 2.87. The molecule has 1 saturated heterocycles. The summed E-state index contributed by atoms with van der Waals surface area (Å²) in [7, 11) is 0. The summed E-state index contributed by atoms with van der Waals surface area (Å²) in [6.45, 7) is 8.55. The van der Waals surface area contributed by atoms with Crippen molar-refractivity contribution >= 4 is 17.4 Å². The zero-order valence-electron chi connectivity index (χ0n) is 10.5. The van der Waals surface area contributed by atoms with Gasteiger partial charge in [-0.2, -0.15) is 0 Å². The monoisotopic (exact) mass is 255 g/mol. The second-order valence-electron chi connectivity index (χ2n) is 4.67. The Labute approximate surface area is 107 Å². The highest BCUT2D eigenvalue weighted by Crippen LogP contribution is 2.25. The minimum atomic E-state index is -0.0937. The van der Waals surface area contributed by atoms with E-state index in [4.69, 9.17) is 16.3 Å². The highest BCUT2D eigenvalue weighted by molar-refractivity contribution is 6.29. The van der Waals surface area contributed by atoms with Gasteiger partial charge in [-0.05, 0) is 20.3 Å². The first-order valence-electron chi connectivity index (χ1n) is 5.92. The smallest absolute Gasteiger partial charge is 0.134 e. The van der Waals surface area contributed by atoms with Crippen molar-refractivity contribution in [3.05, 3.63) is 17.0 Å². The van der Waals surface area contributed by atoms with Gasteiger partial charge in [-0.3, -0.25) is 0 Å². The first kappa shape index (κ1) is 12.6. The molecule has 2 heterocycles. The summed E-state index contributed by atoms with van der Waals surface area (Å²) in [4.78, 5) is 10.7. The molecule has 1 atom stereocenters. The van der Waals surface area contributed by atoms with Gasteiger partial charge >= 0.3 is 0 Å². The zero-order valence-corrected chi connectivity index (χ0v) is 11.3. The van der Waals surface area contributed by atoms with Crippen LogP contribution < -0.4 is 4.90 Å². The number of hydrogen-bond donors (Lipinski definition) is 0. The fraction of sp³-hybridized carbons (Fsp3) is 0.667. The molecule has 1 fully saturated rings. The van der Waals surface area contributed by atoms with E-state index < -0.39 is 0 Å². The van der Waals surface area contributed by atoms with Crippen molar-refractivity contribution < 1.29 is 4.74 Å². The van der Waals surface area contributed by atoms with E-state index >= 15 is 0 Å². The summed E-state index contributed by atoms with van der Waals surface area (Å²) < 4.78 is 5.81. The lowest BCUT2D eigenvalue weighted by atomic mass is 10.0. The fourth-order valence-electron chi connectivity index (χ4n) is 2.02. The van der Waals surface area contributed by atoms with Crippen LogP contribution in [0.25, 0.3) is 0 Å². The van der Waals surface area contributed by atoms with Crippen LogP contribution in [0.15, 0.2) is 6.07 Å². The van der Waals surface area contributed by atoms with Gasteiger partial charge in [-0.25, -0.2) is 9.97 Å². The van der Waals surface area contributed by atoms with Crippen molar-refractivity contribution in [2.45, 2.75) is 32.8 Å². The van der Waals surface area contributed by atoms with E-state index in [1.807, 2.05) is 13.0 Å². The lowest BCUT2D eigenvalue weighted by Crippen LogP contribution is -2.50. The normalized spacial score (nSPS) is 25.1. The highest BCUT2D eigenvalue weighted by atomic mass is 35.5. The van der Waals surface area contributed by atoms with Crippen LogP contribution in [0.4, 0.5) is 5.82 Å². The molecular formula is C12H18ClN3O. The van der Waals surface area contributed by atoms with Crippen LogP contribution in [-0.2, 0) is 4.74 Å². The molecule has 0 saturated carbocycles. The molecule has 0 radical (unpaired) electrons. The number of aryl methyl sites for hydroxylation is 1. The van der Waals surface area contributed by atoms with Crippen molar-refractivity contribution in [1.82, 2.24) is 9.97 Å². The Balaban J connectivity index is 2.21. The Morgan fingerprint density at radius 3 is 2.94 bits per heavy atom. The molecule has 4 nitrogen and oxygen atoms in total. The minimum absolute atomic E-state index is 0.0937. The third-order valence-electron chi connectivity index (χ3n) is 3.20. The molecule has 0 spiro atoms. The first-order valence-corrected chi connectivity index (χ1v) is 6.30. The summed E-state index contributed by atoms with van der Waals surface area (Å²) in [6, 6.07) is 1.82. The van der Waals surface area contributed by atoms with E-state index in [0.717, 1.165) is 31.9 Å². The second kappa shape index (κ2) is 4.78. The molecule has 5 heteroatoms. The van der Waals surface area contributed by atoms with Crippen molar-refractivity contribution in [2.75, 3.05) is 24.6 Å². The summed E-state index contributed by atoms with van der Waals surface area (Å²) >= 11 is 5.97. The van der Waals surface area contributed by atoms with Crippen LogP contribution in [0.2, 0.25) is 5.15 Å². The van der Waals surface area contributed by atoms with E-state index in [0.29, 0.717) is 11.0 Å². The lowest BCUT2D eigenvalue weighted by Gasteiger charge is -2.40. The predicted octanol–water partition coefficient (Wildman–Crippen LogP) is 2.44. The van der Waals surface area contributed by atoms with Gasteiger partial charge in [0.25, 0.3) is 0 Å². The van der Waals surface area contributed by atoms with Gasteiger partial charge in [-0.15, -0.1) is 0 Å². The predicted molar refractivity (Wildman–Crippen MR) is 68.6 cm³/mol. The summed E-state index contributed by atoms with van der Waals surface area (Å²) in [5.74, 6) is 1.60. The molecular weight excluding hydrogens is 238 g/mol. The number of aromatic nitrogens is 2. The maximum Gasteiger partial charge on any atom is 0.134 e. The van der Waals surface area contributed by atoms with Crippen LogP contribution in [0, 0.1) is 6.92 Å². The number of halogens is 1. The van der Waals surface area contributed by atoms with Gasteiger partial charge in [0, 0.05) is 19.2 Å². The molecule has 1 aliphatic rings. The van der Waals surface area contributed by atoms with E-state index in [1.165, 1.54) is 0 Å². The van der Waals surface area contributed by atoms with Gasteiger partial charge in [-0.1, -0.05) is 18.5 Å². The average Bonchev–Trinajstić information content (AvgIpc) is 2.28. The zero-order chi connectivity index (χ0) is 12.5. The van der Waals surface area contributed by atoms with Crippen molar-refractivity contribution in [1.29, 1.82) is 0 Å². The number of nitrogens with zero attached hydrogens (tertiary/aromatic N) is 3. The Bertz CT molecular complexity index is 392. The van der Waals surface area contributed by atoms with Gasteiger partial charge in [0.1, 0.15) is 16.8 Å². The van der Waals surface area contributed by atoms with E-state index in [2.05, 4.69) is 28.7 Å². The lowest BCUT2D eigenvalue weighted by molar-refractivity contribution is -0.0443. The second-order valence-corrected chi connectivity index (χ2v) is 5.06. The molecule has 0 aromatic carbocycles. The molecule has 1 unspecified atom stereocenters. The number of rotatable bonds is 2. The minimum Gasteiger partial charge on any atom is -0.372 e. The van der Waals surface area contributed by atoms with Gasteiger partial charge in [0.15, 0.2) is 0 Å². The molecule has 17 heavy (non-hydrogen) atoms. The van der Waals surface area contributed by atoms with Crippen LogP contribution >= 0.6 is 11.6 Å². The third-order valence-corrected chi connectivity index (χ3v) is 3.40. The average molecular weight is 256 g/mol. The highest BCUT2D eigenvalue weighted by Gasteiger charge is 2.31. The Morgan fingerprint density at radius 2 is 2.29 bits per heavy atom. The topological polar surface area (TPSA) is 38.2 Å². The number of morpholine rings is 1. The van der Waals surface area contributed by atoms with Gasteiger partial charge in [0.2, 0.25) is 0 Å². The van der Waals surface area contributed by atoms with Gasteiger partial charge in [0.05, 0.1) is 12.2 Å². The molecule has 1 aromatic heterocycles. The van der Waals surface area contributed by atoms with E-state index in [9.17, 15) is 0 Å². The maximum atomic E-state index is 5.97. The standard InChI is InChI=1S/C12H18ClN3O/c1-4-12(3)8-16(5-6-17-12)11-7-10(13)14-9(2)15-11/h7H,4-6,8H2,1-3H3. The summed E-state index contributed by atoms with van der Waals surface area (Å²) in [5.41, 5.74) is -0.0937.